The fraction of sp³-hybridized carbons (Fsp3) is 1.00. The summed E-state index contributed by atoms with van der Waals surface area (Å²) < 4.78 is 18.3. The van der Waals surface area contributed by atoms with Crippen molar-refractivity contribution in [2.75, 3.05) is 7.05 Å². The number of hydrogen-bond acceptors (Lipinski definition) is 3. The zero-order valence-corrected chi connectivity index (χ0v) is 5.89. The average Bonchev–Trinajstić information content (AvgIpc) is 1.36. The van der Waals surface area contributed by atoms with Crippen LogP contribution in [0.2, 0.25) is 0 Å². The highest BCUT2D eigenvalue weighted by atomic mass is 36.0. The van der Waals surface area contributed by atoms with Gasteiger partial charge in [0.1, 0.15) is 0 Å². The van der Waals surface area contributed by atoms with Gasteiger partial charge in [0.15, 0.2) is 0 Å². The third-order valence-corrected chi connectivity index (χ3v) is 0. The van der Waals surface area contributed by atoms with E-state index in [0.29, 0.717) is 0 Å². The Bertz CT molecular complexity index is 98.9. The molecule has 0 heterocycles. The molecule has 3 nitrogen and oxygen atoms in total. The Hall–Kier alpha value is 0.490. The van der Waals surface area contributed by atoms with Gasteiger partial charge in [-0.15, -0.1) is 0 Å². The van der Waals surface area contributed by atoms with Crippen LogP contribution in [0.15, 0.2) is 0 Å². The highest BCUT2D eigenvalue weighted by molar-refractivity contribution is 8.31. The second kappa shape index (κ2) is 4.64. The van der Waals surface area contributed by atoms with Gasteiger partial charge in [-0.05, 0) is 7.05 Å². The monoisotopic (exact) mass is 165 g/mol. The normalized spacial score (nSPS) is 9.14. The zero-order chi connectivity index (χ0) is 6.50. The van der Waals surface area contributed by atoms with Crippen LogP contribution in [0.3, 0.4) is 0 Å². The molecule has 0 amide bonds. The van der Waals surface area contributed by atoms with Crippen LogP contribution in [-0.2, 0) is 8.26 Å². The van der Waals surface area contributed by atoms with Gasteiger partial charge in [-0.2, -0.15) is 8.42 Å². The first kappa shape index (κ1) is 10.5. The summed E-state index contributed by atoms with van der Waals surface area (Å²) in [6, 6.07) is 0. The Kier molecular flexibility index (Phi) is 6.94. The van der Waals surface area contributed by atoms with E-state index < -0.39 is 8.26 Å². The van der Waals surface area contributed by atoms with Gasteiger partial charge < -0.3 is 5.73 Å². The highest BCUT2D eigenvalue weighted by Gasteiger charge is 1.88. The van der Waals surface area contributed by atoms with Crippen molar-refractivity contribution in [3.05, 3.63) is 0 Å². The molecule has 2 N–H and O–H groups in total. The fourth-order valence-corrected chi connectivity index (χ4v) is 0. The number of hydrogen-bond donors (Lipinski definition) is 1. The maximum atomic E-state index is 9.16. The number of nitrogens with two attached hydrogens (primary N) is 1. The van der Waals surface area contributed by atoms with Gasteiger partial charge in [0.2, 0.25) is 0 Å². The lowest BCUT2D eigenvalue weighted by Crippen LogP contribution is -1.69. The zero-order valence-electron chi connectivity index (χ0n) is 3.56. The van der Waals surface area contributed by atoms with Gasteiger partial charge in [-0.3, -0.25) is 0 Å². The van der Waals surface area contributed by atoms with Crippen LogP contribution < -0.4 is 5.73 Å². The highest BCUT2D eigenvalue weighted by Crippen LogP contribution is 1.98. The molecule has 0 atom stereocenters. The minimum Gasteiger partial charge on any atom is -0.333 e. The van der Waals surface area contributed by atoms with E-state index in [-0.39, 0.29) is 0 Å². The first-order valence-electron chi connectivity index (χ1n) is 1.22. The quantitative estimate of drug-likeness (QED) is 0.526. The molecule has 0 unspecified atom stereocenters. The lowest BCUT2D eigenvalue weighted by Gasteiger charge is -1.61. The van der Waals surface area contributed by atoms with Crippen molar-refractivity contribution in [2.24, 2.45) is 5.73 Å². The molecule has 0 saturated heterocycles. The van der Waals surface area contributed by atoms with Crippen LogP contribution in [0.5, 0.6) is 0 Å². The summed E-state index contributed by atoms with van der Waals surface area (Å²) in [6.07, 6.45) is 0. The minimum atomic E-state index is -3.72. The molecule has 0 aliphatic rings. The summed E-state index contributed by atoms with van der Waals surface area (Å²) in [7, 11) is 6.31. The van der Waals surface area contributed by atoms with Gasteiger partial charge in [-0.25, -0.2) is 0 Å². The van der Waals surface area contributed by atoms with E-state index in [9.17, 15) is 0 Å². The molecule has 0 aromatic rings. The fourth-order valence-electron chi connectivity index (χ4n) is 0. The van der Waals surface area contributed by atoms with E-state index >= 15 is 0 Å². The Morgan fingerprint density at radius 3 is 1.29 bits per heavy atom. The number of halogens is 2. The van der Waals surface area contributed by atoms with Crippen LogP contribution in [0.1, 0.15) is 0 Å². The van der Waals surface area contributed by atoms with E-state index in [1.807, 2.05) is 0 Å². The van der Waals surface area contributed by atoms with Crippen molar-refractivity contribution >= 4 is 29.6 Å². The predicted octanol–water partition coefficient (Wildman–Crippen LogP) is 0.284. The van der Waals surface area contributed by atoms with Crippen molar-refractivity contribution in [1.82, 2.24) is 0 Å². The maximum Gasteiger partial charge on any atom is 0.317 e. The molecule has 0 radical (unpaired) electrons. The Labute approximate surface area is 51.3 Å². The summed E-state index contributed by atoms with van der Waals surface area (Å²) in [4.78, 5) is 0. The molecule has 0 rings (SSSR count). The van der Waals surface area contributed by atoms with Crippen LogP contribution >= 0.6 is 21.4 Å². The van der Waals surface area contributed by atoms with Crippen molar-refractivity contribution in [1.29, 1.82) is 0 Å². The first-order valence-corrected chi connectivity index (χ1v) is 4.35. The van der Waals surface area contributed by atoms with Crippen LogP contribution in [0.25, 0.3) is 0 Å². The molecule has 0 bridgehead atoms. The summed E-state index contributed by atoms with van der Waals surface area (Å²) in [5.74, 6) is 0. The van der Waals surface area contributed by atoms with Gasteiger partial charge >= 0.3 is 8.26 Å². The van der Waals surface area contributed by atoms with Crippen molar-refractivity contribution in [3.8, 4) is 0 Å². The van der Waals surface area contributed by atoms with E-state index in [2.05, 4.69) is 27.1 Å². The van der Waals surface area contributed by atoms with E-state index in [1.54, 1.807) is 0 Å². The van der Waals surface area contributed by atoms with Crippen molar-refractivity contribution in [3.63, 3.8) is 0 Å². The van der Waals surface area contributed by atoms with Crippen molar-refractivity contribution in [2.45, 2.75) is 0 Å². The summed E-state index contributed by atoms with van der Waals surface area (Å²) >= 11 is 0. The molecule has 0 spiro atoms. The molecule has 0 saturated carbocycles. The standard InChI is InChI=1S/CH5N.Cl2O2S/c1-2;1-5(2,3)4/h2H2,1H3;. The summed E-state index contributed by atoms with van der Waals surface area (Å²) in [5.41, 5.74) is 4.50. The Morgan fingerprint density at radius 1 is 1.29 bits per heavy atom. The molecule has 0 aliphatic heterocycles. The van der Waals surface area contributed by atoms with Crippen LogP contribution in [-0.4, -0.2) is 15.5 Å². The Balaban J connectivity index is 0. The molecular weight excluding hydrogens is 161 g/mol. The number of rotatable bonds is 0. The summed E-state index contributed by atoms with van der Waals surface area (Å²) in [6.45, 7) is 0. The molecule has 0 fully saturated rings. The Morgan fingerprint density at radius 2 is 1.29 bits per heavy atom. The van der Waals surface area contributed by atoms with E-state index in [0.717, 1.165) is 0 Å². The SMILES string of the molecule is CN.O=S(=O)(Cl)Cl. The van der Waals surface area contributed by atoms with Crippen molar-refractivity contribution < 1.29 is 8.42 Å². The second-order valence-electron chi connectivity index (χ2n) is 0.378. The van der Waals surface area contributed by atoms with Gasteiger partial charge in [0, 0.05) is 21.4 Å². The second-order valence-corrected chi connectivity index (χ2v) is 4.05. The lowest BCUT2D eigenvalue weighted by atomic mass is 11.6. The third kappa shape index (κ3) is 545. The molecular formula is CH5Cl2NO2S. The molecule has 0 aromatic heterocycles. The first-order chi connectivity index (χ1) is 3.00. The van der Waals surface area contributed by atoms with Gasteiger partial charge in [0.05, 0.1) is 0 Å². The molecule has 0 aromatic carbocycles. The van der Waals surface area contributed by atoms with Crippen LogP contribution in [0.4, 0.5) is 0 Å². The third-order valence-electron chi connectivity index (χ3n) is 0. The predicted molar refractivity (Wildman–Crippen MR) is 30.7 cm³/mol. The smallest absolute Gasteiger partial charge is 0.317 e. The van der Waals surface area contributed by atoms with Gasteiger partial charge in [-0.1, -0.05) is 0 Å². The topological polar surface area (TPSA) is 60.2 Å². The largest absolute Gasteiger partial charge is 0.333 e. The maximum absolute atomic E-state index is 9.16. The van der Waals surface area contributed by atoms with Crippen LogP contribution in [0, 0.1) is 0 Å². The molecule has 6 heteroatoms. The van der Waals surface area contributed by atoms with E-state index in [4.69, 9.17) is 8.42 Å². The molecule has 46 valence electrons. The molecule has 0 aliphatic carbocycles. The van der Waals surface area contributed by atoms with E-state index in [1.165, 1.54) is 7.05 Å². The molecule has 7 heavy (non-hydrogen) atoms. The minimum absolute atomic E-state index is 1.50. The summed E-state index contributed by atoms with van der Waals surface area (Å²) in [5, 5.41) is 0. The lowest BCUT2D eigenvalue weighted by molar-refractivity contribution is 0.621. The average molecular weight is 166 g/mol. The van der Waals surface area contributed by atoms with Gasteiger partial charge in [0.25, 0.3) is 0 Å².